The second kappa shape index (κ2) is 6.12. The largest absolute Gasteiger partial charge is 0.377 e. The number of hydrogen-bond donors (Lipinski definition) is 1. The van der Waals surface area contributed by atoms with Gasteiger partial charge in [-0.25, -0.2) is 0 Å². The van der Waals surface area contributed by atoms with E-state index in [0.717, 1.165) is 31.3 Å². The van der Waals surface area contributed by atoms with Crippen molar-refractivity contribution in [3.8, 4) is 0 Å². The second-order valence-corrected chi connectivity index (χ2v) is 5.92. The van der Waals surface area contributed by atoms with Crippen LogP contribution in [0.2, 0.25) is 0 Å². The van der Waals surface area contributed by atoms with Crippen LogP contribution >= 0.6 is 0 Å². The molecule has 1 aliphatic carbocycles. The first-order valence-electron chi connectivity index (χ1n) is 7.90. The van der Waals surface area contributed by atoms with E-state index in [9.17, 15) is 0 Å². The maximum absolute atomic E-state index is 5.89. The van der Waals surface area contributed by atoms with Crippen LogP contribution in [0, 0.1) is 0 Å². The van der Waals surface area contributed by atoms with Crippen molar-refractivity contribution < 1.29 is 4.74 Å². The molecule has 1 N–H and O–H groups in total. The molecule has 0 bridgehead atoms. The van der Waals surface area contributed by atoms with Crippen molar-refractivity contribution in [2.24, 2.45) is 0 Å². The molecule has 3 heteroatoms. The van der Waals surface area contributed by atoms with Crippen molar-refractivity contribution in [2.45, 2.75) is 44.2 Å². The molecule has 1 aromatic heterocycles. The monoisotopic (exact) mass is 284 g/mol. The average Bonchev–Trinajstić information content (AvgIpc) is 2.47. The Hall–Kier alpha value is -1.45. The highest BCUT2D eigenvalue weighted by Gasteiger charge is 2.44. The number of nitrogens with one attached hydrogen (secondary N) is 1. The molecule has 112 valence electrons. The van der Waals surface area contributed by atoms with Gasteiger partial charge in [0, 0.05) is 24.7 Å². The summed E-state index contributed by atoms with van der Waals surface area (Å²) in [6, 6.07) is 10.9. The lowest BCUT2D eigenvalue weighted by molar-refractivity contribution is -0.0977. The smallest absolute Gasteiger partial charge is 0.0834 e. The minimum Gasteiger partial charge on any atom is -0.377 e. The number of benzene rings is 1. The molecule has 2 aromatic rings. The van der Waals surface area contributed by atoms with Crippen LogP contribution in [0.5, 0.6) is 0 Å². The third kappa shape index (κ3) is 2.68. The number of pyridine rings is 1. The summed E-state index contributed by atoms with van der Waals surface area (Å²) in [5.74, 6) is 0. The highest BCUT2D eigenvalue weighted by Crippen LogP contribution is 2.39. The molecular formula is C18H24N2O. The Morgan fingerprint density at radius 1 is 1.29 bits per heavy atom. The Morgan fingerprint density at radius 2 is 2.10 bits per heavy atom. The Kier molecular flexibility index (Phi) is 4.22. The lowest BCUT2D eigenvalue weighted by Gasteiger charge is -2.47. The zero-order valence-corrected chi connectivity index (χ0v) is 12.9. The average molecular weight is 284 g/mol. The van der Waals surface area contributed by atoms with Gasteiger partial charge in [-0.2, -0.15) is 0 Å². The molecule has 0 radical (unpaired) electrons. The Morgan fingerprint density at radius 3 is 2.76 bits per heavy atom. The molecule has 1 heterocycles. The molecular weight excluding hydrogens is 260 g/mol. The van der Waals surface area contributed by atoms with Gasteiger partial charge in [-0.05, 0) is 49.9 Å². The molecule has 1 fully saturated rings. The zero-order chi connectivity index (χ0) is 14.7. The van der Waals surface area contributed by atoms with E-state index in [4.69, 9.17) is 4.74 Å². The fourth-order valence-electron chi connectivity index (χ4n) is 3.46. The van der Waals surface area contributed by atoms with Gasteiger partial charge in [0.05, 0.1) is 11.1 Å². The summed E-state index contributed by atoms with van der Waals surface area (Å²) in [4.78, 5) is 4.46. The highest BCUT2D eigenvalue weighted by atomic mass is 16.5. The molecule has 1 atom stereocenters. The zero-order valence-electron chi connectivity index (χ0n) is 12.9. The van der Waals surface area contributed by atoms with E-state index in [-0.39, 0.29) is 5.60 Å². The van der Waals surface area contributed by atoms with E-state index >= 15 is 0 Å². The van der Waals surface area contributed by atoms with Crippen LogP contribution in [-0.4, -0.2) is 30.3 Å². The predicted molar refractivity (Wildman–Crippen MR) is 86.5 cm³/mol. The van der Waals surface area contributed by atoms with E-state index in [1.165, 1.54) is 17.4 Å². The Bertz CT molecular complexity index is 596. The third-order valence-electron chi connectivity index (χ3n) is 4.86. The number of likely N-dealkylation sites (N-methyl/N-ethyl adjacent to an activating group) is 1. The maximum Gasteiger partial charge on any atom is 0.0834 e. The van der Waals surface area contributed by atoms with Crippen molar-refractivity contribution in [1.82, 2.24) is 10.3 Å². The summed E-state index contributed by atoms with van der Waals surface area (Å²) < 4.78 is 5.89. The molecule has 3 rings (SSSR count). The van der Waals surface area contributed by atoms with Gasteiger partial charge < -0.3 is 10.1 Å². The summed E-state index contributed by atoms with van der Waals surface area (Å²) >= 11 is 0. The maximum atomic E-state index is 5.89. The Balaban J connectivity index is 1.91. The number of para-hydroxylation sites is 1. The molecule has 1 saturated carbocycles. The normalized spacial score (nSPS) is 18.4. The first-order chi connectivity index (χ1) is 10.3. The first-order valence-corrected chi connectivity index (χ1v) is 7.90. The number of hydrogen-bond acceptors (Lipinski definition) is 3. The van der Waals surface area contributed by atoms with Crippen molar-refractivity contribution in [3.05, 3.63) is 42.1 Å². The van der Waals surface area contributed by atoms with Gasteiger partial charge in [0.2, 0.25) is 0 Å². The summed E-state index contributed by atoms with van der Waals surface area (Å²) in [6.07, 6.45) is 6.49. The minimum atomic E-state index is 0.0143. The number of methoxy groups -OCH3 is 1. The van der Waals surface area contributed by atoms with Crippen LogP contribution in [0.15, 0.2) is 36.5 Å². The van der Waals surface area contributed by atoms with Gasteiger partial charge >= 0.3 is 0 Å². The fraction of sp³-hybridized carbons (Fsp3) is 0.500. The van der Waals surface area contributed by atoms with Crippen molar-refractivity contribution in [1.29, 1.82) is 0 Å². The van der Waals surface area contributed by atoms with E-state index in [1.807, 2.05) is 19.4 Å². The van der Waals surface area contributed by atoms with Gasteiger partial charge in [-0.3, -0.25) is 4.98 Å². The molecule has 21 heavy (non-hydrogen) atoms. The predicted octanol–water partition coefficient (Wildman–Crippen LogP) is 3.32. The summed E-state index contributed by atoms with van der Waals surface area (Å²) in [5.41, 5.74) is 2.45. The van der Waals surface area contributed by atoms with Crippen LogP contribution in [0.25, 0.3) is 10.9 Å². The van der Waals surface area contributed by atoms with Crippen LogP contribution < -0.4 is 5.32 Å². The van der Waals surface area contributed by atoms with E-state index in [2.05, 4.69) is 41.5 Å². The van der Waals surface area contributed by atoms with Gasteiger partial charge in [-0.1, -0.05) is 25.1 Å². The van der Waals surface area contributed by atoms with E-state index in [0.29, 0.717) is 6.04 Å². The SMILES string of the molecule is CCNC(Cc1ccnc2ccccc12)C1(OC)CCC1. The molecule has 0 aliphatic heterocycles. The lowest BCUT2D eigenvalue weighted by Crippen LogP contribution is -2.57. The highest BCUT2D eigenvalue weighted by molar-refractivity contribution is 5.81. The number of fused-ring (bicyclic) bond motifs is 1. The lowest BCUT2D eigenvalue weighted by atomic mass is 9.72. The molecule has 1 aromatic carbocycles. The summed E-state index contributed by atoms with van der Waals surface area (Å²) in [7, 11) is 1.86. The minimum absolute atomic E-state index is 0.0143. The molecule has 0 spiro atoms. The van der Waals surface area contributed by atoms with Gasteiger partial charge in [0.25, 0.3) is 0 Å². The van der Waals surface area contributed by atoms with E-state index < -0.39 is 0 Å². The van der Waals surface area contributed by atoms with E-state index in [1.54, 1.807) is 0 Å². The fourth-order valence-corrected chi connectivity index (χ4v) is 3.46. The van der Waals surface area contributed by atoms with Crippen molar-refractivity contribution in [3.63, 3.8) is 0 Å². The molecule has 3 nitrogen and oxygen atoms in total. The van der Waals surface area contributed by atoms with Crippen molar-refractivity contribution >= 4 is 10.9 Å². The van der Waals surface area contributed by atoms with Crippen LogP contribution in [-0.2, 0) is 11.2 Å². The standard InChI is InChI=1S/C18H24N2O/c1-3-19-17(18(21-2)10-6-11-18)13-14-9-12-20-16-8-5-4-7-15(14)16/h4-5,7-9,12,17,19H,3,6,10-11,13H2,1-2H3. The third-order valence-corrected chi connectivity index (χ3v) is 4.86. The topological polar surface area (TPSA) is 34.2 Å². The van der Waals surface area contributed by atoms with Gasteiger partial charge in [0.15, 0.2) is 0 Å². The van der Waals surface area contributed by atoms with Crippen molar-refractivity contribution in [2.75, 3.05) is 13.7 Å². The number of rotatable bonds is 6. The summed E-state index contributed by atoms with van der Waals surface area (Å²) in [5, 5.41) is 4.90. The number of aromatic nitrogens is 1. The van der Waals surface area contributed by atoms with Crippen LogP contribution in [0.3, 0.4) is 0 Å². The molecule has 0 saturated heterocycles. The van der Waals surface area contributed by atoms with Gasteiger partial charge in [0.1, 0.15) is 0 Å². The first kappa shape index (κ1) is 14.5. The summed E-state index contributed by atoms with van der Waals surface area (Å²) in [6.45, 7) is 3.14. The number of nitrogens with zero attached hydrogens (tertiary/aromatic N) is 1. The van der Waals surface area contributed by atoms with Crippen LogP contribution in [0.1, 0.15) is 31.7 Å². The number of ether oxygens (including phenoxy) is 1. The van der Waals surface area contributed by atoms with Crippen LogP contribution in [0.4, 0.5) is 0 Å². The quantitative estimate of drug-likeness (QED) is 0.883. The molecule has 0 amide bonds. The van der Waals surface area contributed by atoms with Gasteiger partial charge in [-0.15, -0.1) is 0 Å². The second-order valence-electron chi connectivity index (χ2n) is 5.92. The Labute approximate surface area is 126 Å². The molecule has 1 unspecified atom stereocenters. The molecule has 1 aliphatic rings.